The Hall–Kier alpha value is -0.820. The highest BCUT2D eigenvalue weighted by Gasteiger charge is 2.42. The Morgan fingerprint density at radius 3 is 2.15 bits per heavy atom. The van der Waals surface area contributed by atoms with Crippen LogP contribution in [0, 0.1) is 5.92 Å². The lowest BCUT2D eigenvalue weighted by atomic mass is 9.70. The molecule has 2 rings (SSSR count). The highest BCUT2D eigenvalue weighted by molar-refractivity contribution is 5.28. The molecule has 0 amide bonds. The predicted molar refractivity (Wildman–Crippen MR) is 53.8 cm³/mol. The molecule has 0 spiro atoms. The van der Waals surface area contributed by atoms with Crippen LogP contribution >= 0.6 is 0 Å². The van der Waals surface area contributed by atoms with Crippen LogP contribution in [0.15, 0.2) is 30.3 Å². The molecule has 13 heavy (non-hydrogen) atoms. The van der Waals surface area contributed by atoms with Crippen molar-refractivity contribution in [3.63, 3.8) is 0 Å². The fourth-order valence-corrected chi connectivity index (χ4v) is 1.93. The highest BCUT2D eigenvalue weighted by atomic mass is 16.5. The van der Waals surface area contributed by atoms with Gasteiger partial charge in [0.05, 0.1) is 13.2 Å². The summed E-state index contributed by atoms with van der Waals surface area (Å²) in [5, 5.41) is 0. The number of benzene rings is 1. The minimum absolute atomic E-state index is 0.293. The zero-order chi connectivity index (χ0) is 9.31. The summed E-state index contributed by atoms with van der Waals surface area (Å²) in [7, 11) is 0. The molecule has 0 radical (unpaired) electrons. The smallest absolute Gasteiger partial charge is 0.0588 e. The Morgan fingerprint density at radius 2 is 1.77 bits per heavy atom. The molecule has 1 aromatic rings. The van der Waals surface area contributed by atoms with Gasteiger partial charge in [0.25, 0.3) is 0 Å². The lowest BCUT2D eigenvalue weighted by Gasteiger charge is -2.45. The van der Waals surface area contributed by atoms with Gasteiger partial charge in [0, 0.05) is 5.41 Å². The minimum Gasteiger partial charge on any atom is -0.379 e. The Morgan fingerprint density at radius 1 is 1.15 bits per heavy atom. The third-order valence-corrected chi connectivity index (χ3v) is 3.17. The molecule has 1 nitrogen and oxygen atoms in total. The van der Waals surface area contributed by atoms with E-state index < -0.39 is 0 Å². The second-order valence-electron chi connectivity index (χ2n) is 4.17. The van der Waals surface area contributed by atoms with Gasteiger partial charge in [-0.3, -0.25) is 0 Å². The molecule has 0 unspecified atom stereocenters. The lowest BCUT2D eigenvalue weighted by Crippen LogP contribution is -2.50. The van der Waals surface area contributed by atoms with Crippen molar-refractivity contribution < 1.29 is 4.74 Å². The van der Waals surface area contributed by atoms with Crippen molar-refractivity contribution in [2.75, 3.05) is 13.2 Å². The van der Waals surface area contributed by atoms with E-state index in [0.29, 0.717) is 11.3 Å². The molecule has 1 heteroatoms. The normalized spacial score (nSPS) is 19.9. The summed E-state index contributed by atoms with van der Waals surface area (Å²) in [6.07, 6.45) is 0. The molecule has 0 aromatic heterocycles. The van der Waals surface area contributed by atoms with Crippen molar-refractivity contribution in [2.24, 2.45) is 5.92 Å². The van der Waals surface area contributed by atoms with Gasteiger partial charge in [0.1, 0.15) is 0 Å². The van der Waals surface area contributed by atoms with Gasteiger partial charge >= 0.3 is 0 Å². The van der Waals surface area contributed by atoms with Gasteiger partial charge in [-0.05, 0) is 11.5 Å². The number of hydrogen-bond donors (Lipinski definition) is 0. The second kappa shape index (κ2) is 3.15. The minimum atomic E-state index is 0.293. The molecule has 1 heterocycles. The van der Waals surface area contributed by atoms with Crippen molar-refractivity contribution in [3.05, 3.63) is 35.9 Å². The summed E-state index contributed by atoms with van der Waals surface area (Å²) in [5.74, 6) is 0.656. The van der Waals surface area contributed by atoms with E-state index in [1.807, 2.05) is 0 Å². The van der Waals surface area contributed by atoms with Crippen molar-refractivity contribution in [1.29, 1.82) is 0 Å². The maximum atomic E-state index is 5.35. The monoisotopic (exact) mass is 176 g/mol. The Balaban J connectivity index is 2.32. The molecule has 0 aliphatic carbocycles. The van der Waals surface area contributed by atoms with E-state index in [1.54, 1.807) is 0 Å². The molecule has 1 saturated heterocycles. The van der Waals surface area contributed by atoms with E-state index in [4.69, 9.17) is 4.74 Å². The van der Waals surface area contributed by atoms with Crippen LogP contribution in [-0.2, 0) is 10.2 Å². The summed E-state index contributed by atoms with van der Waals surface area (Å²) < 4.78 is 5.35. The van der Waals surface area contributed by atoms with Gasteiger partial charge in [0.2, 0.25) is 0 Å². The molecule has 1 aliphatic rings. The van der Waals surface area contributed by atoms with Crippen LogP contribution in [0.4, 0.5) is 0 Å². The first-order valence-electron chi connectivity index (χ1n) is 4.89. The average Bonchev–Trinajstić information content (AvgIpc) is 2.03. The molecule has 0 bridgehead atoms. The fraction of sp³-hybridized carbons (Fsp3) is 0.500. The van der Waals surface area contributed by atoms with Crippen LogP contribution < -0.4 is 0 Å². The molecule has 70 valence electrons. The van der Waals surface area contributed by atoms with E-state index in [9.17, 15) is 0 Å². The molecule has 1 aromatic carbocycles. The maximum absolute atomic E-state index is 5.35. The molecule has 1 aliphatic heterocycles. The Labute approximate surface area is 79.7 Å². The van der Waals surface area contributed by atoms with Crippen LogP contribution in [0.25, 0.3) is 0 Å². The number of rotatable bonds is 2. The van der Waals surface area contributed by atoms with Gasteiger partial charge < -0.3 is 4.74 Å². The second-order valence-corrected chi connectivity index (χ2v) is 4.17. The first-order valence-corrected chi connectivity index (χ1v) is 4.89. The molecular weight excluding hydrogens is 160 g/mol. The van der Waals surface area contributed by atoms with E-state index >= 15 is 0 Å². The topological polar surface area (TPSA) is 9.23 Å². The zero-order valence-electron chi connectivity index (χ0n) is 8.29. The summed E-state index contributed by atoms with van der Waals surface area (Å²) in [6, 6.07) is 10.7. The summed E-state index contributed by atoms with van der Waals surface area (Å²) in [6.45, 7) is 6.31. The van der Waals surface area contributed by atoms with Crippen molar-refractivity contribution in [3.8, 4) is 0 Å². The third kappa shape index (κ3) is 1.28. The number of ether oxygens (including phenoxy) is 1. The predicted octanol–water partition coefficient (Wildman–Crippen LogP) is 2.61. The van der Waals surface area contributed by atoms with Crippen LogP contribution in [0.2, 0.25) is 0 Å². The zero-order valence-corrected chi connectivity index (χ0v) is 8.29. The van der Waals surface area contributed by atoms with Crippen molar-refractivity contribution in [1.82, 2.24) is 0 Å². The van der Waals surface area contributed by atoms with Crippen molar-refractivity contribution in [2.45, 2.75) is 19.3 Å². The van der Waals surface area contributed by atoms with Gasteiger partial charge in [-0.1, -0.05) is 44.2 Å². The van der Waals surface area contributed by atoms with E-state index in [1.165, 1.54) is 5.56 Å². The third-order valence-electron chi connectivity index (χ3n) is 3.17. The van der Waals surface area contributed by atoms with Crippen LogP contribution in [-0.4, -0.2) is 13.2 Å². The molecule has 0 saturated carbocycles. The van der Waals surface area contributed by atoms with E-state index in [2.05, 4.69) is 44.2 Å². The van der Waals surface area contributed by atoms with Crippen molar-refractivity contribution >= 4 is 0 Å². The lowest BCUT2D eigenvalue weighted by molar-refractivity contribution is -0.0836. The number of hydrogen-bond acceptors (Lipinski definition) is 1. The fourth-order valence-electron chi connectivity index (χ4n) is 1.93. The average molecular weight is 176 g/mol. The molecule has 0 N–H and O–H groups in total. The molecular formula is C12H16O. The van der Waals surface area contributed by atoms with Gasteiger partial charge in [0.15, 0.2) is 0 Å². The Bertz CT molecular complexity index is 272. The largest absolute Gasteiger partial charge is 0.379 e. The quantitative estimate of drug-likeness (QED) is 0.673. The van der Waals surface area contributed by atoms with Gasteiger partial charge in [-0.2, -0.15) is 0 Å². The molecule has 1 fully saturated rings. The van der Waals surface area contributed by atoms with Gasteiger partial charge in [-0.25, -0.2) is 0 Å². The van der Waals surface area contributed by atoms with E-state index in [0.717, 1.165) is 13.2 Å². The van der Waals surface area contributed by atoms with Crippen LogP contribution in [0.5, 0.6) is 0 Å². The summed E-state index contributed by atoms with van der Waals surface area (Å²) in [5.41, 5.74) is 1.72. The van der Waals surface area contributed by atoms with Crippen LogP contribution in [0.1, 0.15) is 19.4 Å². The summed E-state index contributed by atoms with van der Waals surface area (Å²) in [4.78, 5) is 0. The van der Waals surface area contributed by atoms with Crippen LogP contribution in [0.3, 0.4) is 0 Å². The highest BCUT2D eigenvalue weighted by Crippen LogP contribution is 2.38. The standard InChI is InChI=1S/C12H16O/c1-10(2)12(8-13-9-12)11-6-4-3-5-7-11/h3-7,10H,8-9H2,1-2H3. The maximum Gasteiger partial charge on any atom is 0.0588 e. The van der Waals surface area contributed by atoms with Gasteiger partial charge in [-0.15, -0.1) is 0 Å². The van der Waals surface area contributed by atoms with E-state index in [-0.39, 0.29) is 0 Å². The summed E-state index contributed by atoms with van der Waals surface area (Å²) >= 11 is 0. The first kappa shape index (κ1) is 8.76. The molecule has 0 atom stereocenters. The SMILES string of the molecule is CC(C)C1(c2ccccc2)COC1. The first-order chi connectivity index (χ1) is 6.26. The Kier molecular flexibility index (Phi) is 2.12.